The van der Waals surface area contributed by atoms with Crippen LogP contribution >= 0.6 is 0 Å². The molecule has 1 heterocycles. The summed E-state index contributed by atoms with van der Waals surface area (Å²) >= 11 is 0. The van der Waals surface area contributed by atoms with E-state index in [0.29, 0.717) is 0 Å². The van der Waals surface area contributed by atoms with E-state index in [9.17, 15) is 9.90 Å². The number of anilines is 1. The van der Waals surface area contributed by atoms with Crippen molar-refractivity contribution in [1.82, 2.24) is 0 Å². The van der Waals surface area contributed by atoms with E-state index < -0.39 is 5.97 Å². The molecule has 0 amide bonds. The first kappa shape index (κ1) is 12.4. The van der Waals surface area contributed by atoms with Crippen LogP contribution in [0, 0.1) is 0 Å². The van der Waals surface area contributed by atoms with Gasteiger partial charge in [0.1, 0.15) is 0 Å². The Morgan fingerprint density at radius 1 is 1.05 bits per heavy atom. The number of benzene rings is 2. The molecule has 2 aromatic rings. The van der Waals surface area contributed by atoms with Crippen LogP contribution in [-0.2, 0) is 0 Å². The van der Waals surface area contributed by atoms with Crippen molar-refractivity contribution in [2.75, 3.05) is 11.6 Å². The maximum Gasteiger partial charge on any atom is 0.0715 e. The maximum atomic E-state index is 10.7. The molecule has 0 saturated carbocycles. The van der Waals surface area contributed by atoms with Gasteiger partial charge in [0, 0.05) is 13.0 Å². The van der Waals surface area contributed by atoms with Gasteiger partial charge in [0.25, 0.3) is 0 Å². The molecule has 1 aliphatic rings. The van der Waals surface area contributed by atoms with E-state index in [-0.39, 0.29) is 5.56 Å². The molecule has 0 saturated heterocycles. The molecule has 0 fully saturated rings. The predicted molar refractivity (Wildman–Crippen MR) is 75.7 cm³/mol. The summed E-state index contributed by atoms with van der Waals surface area (Å²) in [6.07, 6.45) is 0.881. The highest BCUT2D eigenvalue weighted by atomic mass is 16.4. The van der Waals surface area contributed by atoms with Gasteiger partial charge in [0.15, 0.2) is 0 Å². The van der Waals surface area contributed by atoms with E-state index >= 15 is 0 Å². The number of hydrogen-bond donors (Lipinski definition) is 0. The maximum absolute atomic E-state index is 10.7. The first-order valence-corrected chi connectivity index (χ1v) is 6.46. The van der Waals surface area contributed by atoms with E-state index in [2.05, 4.69) is 5.10 Å². The lowest BCUT2D eigenvalue weighted by molar-refractivity contribution is -0.255. The Morgan fingerprint density at radius 3 is 2.40 bits per heavy atom. The average Bonchev–Trinajstić information content (AvgIpc) is 2.98. The van der Waals surface area contributed by atoms with E-state index in [1.807, 2.05) is 35.3 Å². The molecule has 0 aliphatic carbocycles. The number of carboxylic acids is 1. The van der Waals surface area contributed by atoms with E-state index in [1.165, 1.54) is 0 Å². The van der Waals surface area contributed by atoms with Crippen LogP contribution in [-0.4, -0.2) is 18.2 Å². The van der Waals surface area contributed by atoms with Crippen LogP contribution < -0.4 is 10.1 Å². The molecule has 4 heteroatoms. The second-order valence-electron chi connectivity index (χ2n) is 4.62. The SMILES string of the molecule is O=C([O-])c1ccc(N2CCC(c3ccccc3)=N2)cc1. The number of nitrogens with zero attached hydrogens (tertiary/aromatic N) is 2. The second kappa shape index (κ2) is 5.17. The van der Waals surface area contributed by atoms with Crippen molar-refractivity contribution in [1.29, 1.82) is 0 Å². The lowest BCUT2D eigenvalue weighted by Gasteiger charge is -2.14. The van der Waals surface area contributed by atoms with Gasteiger partial charge >= 0.3 is 0 Å². The number of hydrogen-bond acceptors (Lipinski definition) is 4. The fraction of sp³-hybridized carbons (Fsp3) is 0.125. The van der Waals surface area contributed by atoms with Gasteiger partial charge in [-0.3, -0.25) is 5.01 Å². The summed E-state index contributed by atoms with van der Waals surface area (Å²) in [4.78, 5) is 10.7. The van der Waals surface area contributed by atoms with Crippen LogP contribution in [0.25, 0.3) is 0 Å². The minimum atomic E-state index is -1.16. The van der Waals surface area contributed by atoms with Gasteiger partial charge in [-0.25, -0.2) is 0 Å². The standard InChI is InChI=1S/C16H14N2O2/c19-16(20)13-6-8-14(9-7-13)18-11-10-15(17-18)12-4-2-1-3-5-12/h1-9H,10-11H2,(H,19,20)/p-1. The van der Waals surface area contributed by atoms with Crippen molar-refractivity contribution in [3.8, 4) is 0 Å². The van der Waals surface area contributed by atoms with Gasteiger partial charge in [0.05, 0.1) is 17.4 Å². The Hall–Kier alpha value is -2.62. The summed E-state index contributed by atoms with van der Waals surface area (Å²) in [6, 6.07) is 16.6. The Balaban J connectivity index is 1.82. The van der Waals surface area contributed by atoms with Crippen LogP contribution in [0.3, 0.4) is 0 Å². The normalized spacial score (nSPS) is 14.2. The number of carbonyl (C=O) groups excluding carboxylic acids is 1. The summed E-state index contributed by atoms with van der Waals surface area (Å²) in [5, 5.41) is 17.2. The first-order valence-electron chi connectivity index (χ1n) is 6.46. The van der Waals surface area contributed by atoms with Crippen LogP contribution in [0.1, 0.15) is 22.3 Å². The van der Waals surface area contributed by atoms with Crippen LogP contribution in [0.15, 0.2) is 59.7 Å². The van der Waals surface area contributed by atoms with Crippen molar-refractivity contribution >= 4 is 17.4 Å². The monoisotopic (exact) mass is 265 g/mol. The molecule has 3 rings (SSSR count). The first-order chi connectivity index (χ1) is 9.74. The van der Waals surface area contributed by atoms with Crippen LogP contribution in [0.2, 0.25) is 0 Å². The van der Waals surface area contributed by atoms with Gasteiger partial charge in [-0.15, -0.1) is 0 Å². The smallest absolute Gasteiger partial charge is 0.0715 e. The summed E-state index contributed by atoms with van der Waals surface area (Å²) < 4.78 is 0. The molecule has 1 aliphatic heterocycles. The molecule has 0 N–H and O–H groups in total. The molecule has 0 spiro atoms. The minimum Gasteiger partial charge on any atom is -0.545 e. The number of carbonyl (C=O) groups is 1. The van der Waals surface area contributed by atoms with Crippen molar-refractivity contribution in [3.05, 3.63) is 65.7 Å². The Bertz CT molecular complexity index is 648. The molecule has 0 bridgehead atoms. The number of hydrazone groups is 1. The van der Waals surface area contributed by atoms with Crippen molar-refractivity contribution in [3.63, 3.8) is 0 Å². The summed E-state index contributed by atoms with van der Waals surface area (Å²) in [5.41, 5.74) is 3.25. The second-order valence-corrected chi connectivity index (χ2v) is 4.62. The Labute approximate surface area is 117 Å². The summed E-state index contributed by atoms with van der Waals surface area (Å²) in [6.45, 7) is 0.800. The molecule has 100 valence electrons. The largest absolute Gasteiger partial charge is 0.545 e. The highest BCUT2D eigenvalue weighted by molar-refractivity contribution is 6.02. The zero-order valence-corrected chi connectivity index (χ0v) is 10.8. The third-order valence-electron chi connectivity index (χ3n) is 3.31. The average molecular weight is 265 g/mol. The zero-order valence-electron chi connectivity index (χ0n) is 10.8. The van der Waals surface area contributed by atoms with Gasteiger partial charge in [-0.05, 0) is 23.3 Å². The van der Waals surface area contributed by atoms with Crippen molar-refractivity contribution in [2.45, 2.75) is 6.42 Å². The molecule has 0 atom stereocenters. The summed E-state index contributed by atoms with van der Waals surface area (Å²) in [5.74, 6) is -1.16. The Kier molecular flexibility index (Phi) is 3.21. The molecular weight excluding hydrogens is 252 g/mol. The van der Waals surface area contributed by atoms with Crippen LogP contribution in [0.5, 0.6) is 0 Å². The topological polar surface area (TPSA) is 55.7 Å². The lowest BCUT2D eigenvalue weighted by Crippen LogP contribution is -2.22. The highest BCUT2D eigenvalue weighted by Crippen LogP contribution is 2.22. The minimum absolute atomic E-state index is 0.181. The van der Waals surface area contributed by atoms with Crippen molar-refractivity contribution < 1.29 is 9.90 Å². The van der Waals surface area contributed by atoms with E-state index in [1.54, 1.807) is 24.3 Å². The fourth-order valence-electron chi connectivity index (χ4n) is 2.25. The van der Waals surface area contributed by atoms with Gasteiger partial charge in [-0.1, -0.05) is 42.5 Å². The zero-order chi connectivity index (χ0) is 13.9. The molecule has 2 aromatic carbocycles. The third-order valence-corrected chi connectivity index (χ3v) is 3.31. The molecular formula is C16H13N2O2-. The summed E-state index contributed by atoms with van der Waals surface area (Å²) in [7, 11) is 0. The van der Waals surface area contributed by atoms with Gasteiger partial charge in [-0.2, -0.15) is 5.10 Å². The lowest BCUT2D eigenvalue weighted by atomic mass is 10.1. The quantitative estimate of drug-likeness (QED) is 0.848. The highest BCUT2D eigenvalue weighted by Gasteiger charge is 2.16. The van der Waals surface area contributed by atoms with E-state index in [0.717, 1.165) is 29.9 Å². The molecule has 0 unspecified atom stereocenters. The Morgan fingerprint density at radius 2 is 1.75 bits per heavy atom. The third kappa shape index (κ3) is 2.40. The fourth-order valence-corrected chi connectivity index (χ4v) is 2.25. The molecule has 4 nitrogen and oxygen atoms in total. The molecule has 20 heavy (non-hydrogen) atoms. The molecule has 0 radical (unpaired) electrons. The van der Waals surface area contributed by atoms with Gasteiger partial charge in [0.2, 0.25) is 0 Å². The predicted octanol–water partition coefficient (Wildman–Crippen LogP) is 1.66. The number of rotatable bonds is 3. The van der Waals surface area contributed by atoms with E-state index in [4.69, 9.17) is 0 Å². The number of aromatic carboxylic acids is 1. The molecule has 0 aromatic heterocycles. The number of carboxylic acid groups (broad SMARTS) is 1. The van der Waals surface area contributed by atoms with Crippen LogP contribution in [0.4, 0.5) is 5.69 Å². The van der Waals surface area contributed by atoms with Gasteiger partial charge < -0.3 is 9.90 Å². The van der Waals surface area contributed by atoms with Crippen molar-refractivity contribution in [2.24, 2.45) is 5.10 Å².